The summed E-state index contributed by atoms with van der Waals surface area (Å²) in [5.41, 5.74) is 2.43. The van der Waals surface area contributed by atoms with E-state index in [1.807, 2.05) is 65.0 Å². The Labute approximate surface area is 168 Å². The van der Waals surface area contributed by atoms with Gasteiger partial charge in [-0.25, -0.2) is 9.97 Å². The van der Waals surface area contributed by atoms with E-state index in [9.17, 15) is 4.79 Å². The molecule has 0 aliphatic rings. The highest BCUT2D eigenvalue weighted by molar-refractivity contribution is 5.94. The molecule has 0 saturated carbocycles. The summed E-state index contributed by atoms with van der Waals surface area (Å²) in [6, 6.07) is 14.6. The van der Waals surface area contributed by atoms with E-state index in [-0.39, 0.29) is 11.9 Å². The number of hydrogen-bond acceptors (Lipinski definition) is 4. The van der Waals surface area contributed by atoms with E-state index in [2.05, 4.69) is 15.3 Å². The average Bonchev–Trinajstić information content (AvgIpc) is 3.44. The van der Waals surface area contributed by atoms with Crippen molar-refractivity contribution in [3.8, 4) is 11.4 Å². The lowest BCUT2D eigenvalue weighted by atomic mass is 10.0. The standard InChI is InChI=1S/C22H21N5O2/c1-26-13-12-24-21(26)20(16-5-9-19(29-2)10-6-16)25-22(28)17-3-7-18(8-4-17)27-14-11-23-15-27/h3-15,20H,1-2H3,(H,25,28). The maximum absolute atomic E-state index is 13.0. The molecule has 29 heavy (non-hydrogen) atoms. The Morgan fingerprint density at radius 2 is 1.79 bits per heavy atom. The van der Waals surface area contributed by atoms with Crippen LogP contribution in [-0.2, 0) is 7.05 Å². The first-order chi connectivity index (χ1) is 14.2. The molecule has 2 heterocycles. The van der Waals surface area contributed by atoms with Gasteiger partial charge >= 0.3 is 0 Å². The number of benzene rings is 2. The lowest BCUT2D eigenvalue weighted by Gasteiger charge is -2.19. The van der Waals surface area contributed by atoms with Crippen LogP contribution >= 0.6 is 0 Å². The molecule has 0 fully saturated rings. The molecule has 0 radical (unpaired) electrons. The number of ether oxygens (including phenoxy) is 1. The third kappa shape index (κ3) is 3.89. The monoisotopic (exact) mass is 387 g/mol. The van der Waals surface area contributed by atoms with Crippen molar-refractivity contribution in [2.45, 2.75) is 6.04 Å². The second-order valence-corrected chi connectivity index (χ2v) is 6.59. The van der Waals surface area contributed by atoms with Crippen LogP contribution in [0.3, 0.4) is 0 Å². The van der Waals surface area contributed by atoms with Gasteiger partial charge in [0.15, 0.2) is 0 Å². The molecule has 1 amide bonds. The van der Waals surface area contributed by atoms with Crippen molar-refractivity contribution >= 4 is 5.91 Å². The molecule has 7 nitrogen and oxygen atoms in total. The van der Waals surface area contributed by atoms with Gasteiger partial charge in [0, 0.05) is 43.1 Å². The van der Waals surface area contributed by atoms with E-state index in [0.717, 1.165) is 22.8 Å². The summed E-state index contributed by atoms with van der Waals surface area (Å²) in [5.74, 6) is 1.33. The summed E-state index contributed by atoms with van der Waals surface area (Å²) in [6.07, 6.45) is 8.87. The summed E-state index contributed by atoms with van der Waals surface area (Å²) >= 11 is 0. The summed E-state index contributed by atoms with van der Waals surface area (Å²) in [5, 5.41) is 3.10. The van der Waals surface area contributed by atoms with Gasteiger partial charge in [-0.15, -0.1) is 0 Å². The molecule has 1 unspecified atom stereocenters. The molecular weight excluding hydrogens is 366 g/mol. The summed E-state index contributed by atoms with van der Waals surface area (Å²) < 4.78 is 9.03. The van der Waals surface area contributed by atoms with E-state index >= 15 is 0 Å². The van der Waals surface area contributed by atoms with Gasteiger partial charge in [-0.3, -0.25) is 4.79 Å². The van der Waals surface area contributed by atoms with Crippen LogP contribution in [0.4, 0.5) is 0 Å². The first kappa shape index (κ1) is 18.5. The minimum atomic E-state index is -0.387. The van der Waals surface area contributed by atoms with Gasteiger partial charge in [0.05, 0.1) is 13.4 Å². The fourth-order valence-electron chi connectivity index (χ4n) is 3.16. The second kappa shape index (κ2) is 8.02. The van der Waals surface area contributed by atoms with E-state index in [4.69, 9.17) is 4.74 Å². The summed E-state index contributed by atoms with van der Waals surface area (Å²) in [4.78, 5) is 21.4. The number of nitrogens with zero attached hydrogens (tertiary/aromatic N) is 4. The third-order valence-corrected chi connectivity index (χ3v) is 4.77. The molecule has 1 N–H and O–H groups in total. The van der Waals surface area contributed by atoms with Crippen LogP contribution in [0.15, 0.2) is 79.6 Å². The molecule has 0 aliphatic heterocycles. The Morgan fingerprint density at radius 1 is 1.03 bits per heavy atom. The maximum atomic E-state index is 13.0. The number of amides is 1. The van der Waals surface area contributed by atoms with E-state index < -0.39 is 0 Å². The number of imidazole rings is 2. The van der Waals surface area contributed by atoms with Gasteiger partial charge in [-0.1, -0.05) is 12.1 Å². The number of aromatic nitrogens is 4. The zero-order chi connectivity index (χ0) is 20.2. The van der Waals surface area contributed by atoms with E-state index in [0.29, 0.717) is 5.56 Å². The maximum Gasteiger partial charge on any atom is 0.252 e. The number of nitrogens with one attached hydrogen (secondary N) is 1. The van der Waals surface area contributed by atoms with Crippen molar-refractivity contribution < 1.29 is 9.53 Å². The Hall–Kier alpha value is -3.87. The smallest absolute Gasteiger partial charge is 0.252 e. The van der Waals surface area contributed by atoms with Gasteiger partial charge in [-0.2, -0.15) is 0 Å². The predicted molar refractivity (Wildman–Crippen MR) is 109 cm³/mol. The number of rotatable bonds is 6. The minimum absolute atomic E-state index is 0.175. The molecule has 0 aliphatic carbocycles. The van der Waals surface area contributed by atoms with Crippen LogP contribution in [0.1, 0.15) is 27.8 Å². The first-order valence-corrected chi connectivity index (χ1v) is 9.16. The molecule has 4 aromatic rings. The molecule has 2 aromatic heterocycles. The summed E-state index contributed by atoms with van der Waals surface area (Å²) in [6.45, 7) is 0. The first-order valence-electron chi connectivity index (χ1n) is 9.16. The van der Waals surface area contributed by atoms with Crippen LogP contribution in [0, 0.1) is 0 Å². The quantitative estimate of drug-likeness (QED) is 0.552. The zero-order valence-electron chi connectivity index (χ0n) is 16.2. The average molecular weight is 387 g/mol. The van der Waals surface area contributed by atoms with E-state index in [1.54, 1.807) is 38.0 Å². The van der Waals surface area contributed by atoms with E-state index in [1.165, 1.54) is 0 Å². The van der Waals surface area contributed by atoms with Crippen LogP contribution in [0.2, 0.25) is 0 Å². The van der Waals surface area contributed by atoms with Gasteiger partial charge in [0.2, 0.25) is 0 Å². The highest BCUT2D eigenvalue weighted by Gasteiger charge is 2.21. The Morgan fingerprint density at radius 3 is 2.38 bits per heavy atom. The fraction of sp³-hybridized carbons (Fsp3) is 0.136. The normalized spacial score (nSPS) is 11.8. The molecule has 4 rings (SSSR count). The number of carbonyl (C=O) groups excluding carboxylic acids is 1. The lowest BCUT2D eigenvalue weighted by Crippen LogP contribution is -2.31. The fourth-order valence-corrected chi connectivity index (χ4v) is 3.16. The number of methoxy groups -OCH3 is 1. The molecule has 0 spiro atoms. The van der Waals surface area contributed by atoms with Crippen LogP contribution < -0.4 is 10.1 Å². The van der Waals surface area contributed by atoms with Crippen LogP contribution in [-0.4, -0.2) is 32.1 Å². The second-order valence-electron chi connectivity index (χ2n) is 6.59. The van der Waals surface area contributed by atoms with Crippen LogP contribution in [0.25, 0.3) is 5.69 Å². The van der Waals surface area contributed by atoms with Gasteiger partial charge < -0.3 is 19.2 Å². The van der Waals surface area contributed by atoms with Crippen molar-refractivity contribution in [1.29, 1.82) is 0 Å². The predicted octanol–water partition coefficient (Wildman–Crippen LogP) is 3.13. The SMILES string of the molecule is COc1ccc(C(NC(=O)c2ccc(-n3ccnc3)cc2)c2nccn2C)cc1. The summed E-state index contributed by atoms with van der Waals surface area (Å²) in [7, 11) is 3.53. The van der Waals surface area contributed by atoms with Gasteiger partial charge in [-0.05, 0) is 42.0 Å². The molecular formula is C22H21N5O2. The van der Waals surface area contributed by atoms with Crippen molar-refractivity contribution in [2.24, 2.45) is 7.05 Å². The molecule has 0 saturated heterocycles. The van der Waals surface area contributed by atoms with Crippen molar-refractivity contribution in [3.05, 3.63) is 96.6 Å². The molecule has 1 atom stereocenters. The number of aryl methyl sites for hydroxylation is 1. The third-order valence-electron chi connectivity index (χ3n) is 4.77. The number of hydrogen-bond donors (Lipinski definition) is 1. The molecule has 2 aromatic carbocycles. The van der Waals surface area contributed by atoms with Crippen LogP contribution in [0.5, 0.6) is 5.75 Å². The topological polar surface area (TPSA) is 74.0 Å². The molecule has 0 bridgehead atoms. The Kier molecular flexibility index (Phi) is 5.11. The largest absolute Gasteiger partial charge is 0.497 e. The molecule has 7 heteroatoms. The Bertz CT molecular complexity index is 1080. The lowest BCUT2D eigenvalue weighted by molar-refractivity contribution is 0.0941. The zero-order valence-corrected chi connectivity index (χ0v) is 16.2. The highest BCUT2D eigenvalue weighted by Crippen LogP contribution is 2.23. The van der Waals surface area contributed by atoms with Crippen molar-refractivity contribution in [2.75, 3.05) is 7.11 Å². The van der Waals surface area contributed by atoms with Crippen molar-refractivity contribution in [3.63, 3.8) is 0 Å². The Balaban J connectivity index is 1.60. The highest BCUT2D eigenvalue weighted by atomic mass is 16.5. The van der Waals surface area contributed by atoms with Gasteiger partial charge in [0.1, 0.15) is 17.6 Å². The van der Waals surface area contributed by atoms with Gasteiger partial charge in [0.25, 0.3) is 5.91 Å². The molecule has 146 valence electrons. The number of carbonyl (C=O) groups is 1. The minimum Gasteiger partial charge on any atom is -0.497 e. The van der Waals surface area contributed by atoms with Crippen molar-refractivity contribution in [1.82, 2.24) is 24.4 Å².